The van der Waals surface area contributed by atoms with E-state index in [2.05, 4.69) is 20.2 Å². The lowest BCUT2D eigenvalue weighted by Gasteiger charge is -2.25. The monoisotopic (exact) mass is 613 g/mol. The number of aliphatic hydroxyl groups excluding tert-OH is 1. The number of amides is 1. The molecule has 5 rings (SSSR count). The molecule has 1 fully saturated rings. The van der Waals surface area contributed by atoms with Crippen molar-refractivity contribution in [1.82, 2.24) is 34.1 Å². The maximum absolute atomic E-state index is 14.2. The van der Waals surface area contributed by atoms with Gasteiger partial charge in [0, 0.05) is 23.2 Å². The molecule has 2 atom stereocenters. The molecule has 4 aromatic rings. The first-order valence-corrected chi connectivity index (χ1v) is 12.6. The van der Waals surface area contributed by atoms with Crippen LogP contribution in [0.5, 0.6) is 0 Å². The lowest BCUT2D eigenvalue weighted by molar-refractivity contribution is -0.207. The molecule has 1 aliphatic rings. The minimum absolute atomic E-state index is 0.0196. The zero-order chi connectivity index (χ0) is 30.4. The molecular weight excluding hydrogens is 593 g/mol. The van der Waals surface area contributed by atoms with Gasteiger partial charge in [-0.15, -0.1) is 10.2 Å². The molecule has 0 unspecified atom stereocenters. The maximum atomic E-state index is 14.2. The van der Waals surface area contributed by atoms with E-state index in [1.807, 2.05) is 0 Å². The van der Waals surface area contributed by atoms with Crippen LogP contribution in [-0.4, -0.2) is 75.9 Å². The summed E-state index contributed by atoms with van der Waals surface area (Å²) in [7, 11) is 0. The minimum Gasteiger partial charge on any atom is -0.382 e. The van der Waals surface area contributed by atoms with E-state index < -0.39 is 61.9 Å². The summed E-state index contributed by atoms with van der Waals surface area (Å²) in [6, 6.07) is 5.93. The number of pyridine rings is 1. The Bertz CT molecular complexity index is 1670. The molecule has 3 aromatic heterocycles. The van der Waals surface area contributed by atoms with Crippen molar-refractivity contribution >= 4 is 23.2 Å². The van der Waals surface area contributed by atoms with Gasteiger partial charge in [0.1, 0.15) is 24.6 Å². The lowest BCUT2D eigenvalue weighted by Crippen LogP contribution is -2.40. The Balaban J connectivity index is 1.48. The Morgan fingerprint density at radius 2 is 1.88 bits per heavy atom. The number of hydrogen-bond acceptors (Lipinski definition) is 8. The number of alkyl halides is 5. The summed E-state index contributed by atoms with van der Waals surface area (Å²) in [5, 5.41) is 18.4. The first kappa shape index (κ1) is 29.1. The summed E-state index contributed by atoms with van der Waals surface area (Å²) in [5.74, 6) is -4.29. The summed E-state index contributed by atoms with van der Waals surface area (Å²) in [6.45, 7) is -2.30. The van der Waals surface area contributed by atoms with Crippen LogP contribution in [0.15, 0.2) is 53.8 Å². The number of nitrogens with two attached hydrogens (primary N) is 1. The van der Waals surface area contributed by atoms with E-state index in [1.165, 1.54) is 53.7 Å². The van der Waals surface area contributed by atoms with E-state index in [1.54, 1.807) is 0 Å². The second-order valence-electron chi connectivity index (χ2n) is 9.51. The number of benzene rings is 1. The zero-order valence-electron chi connectivity index (χ0n) is 21.3. The molecule has 222 valence electrons. The molecule has 12 nitrogen and oxygen atoms in total. The molecular formula is C24H21ClF5N9O3. The maximum Gasteiger partial charge on any atom is 0.416 e. The van der Waals surface area contributed by atoms with Gasteiger partial charge in [-0.05, 0) is 30.3 Å². The Morgan fingerprint density at radius 1 is 1.17 bits per heavy atom. The molecule has 0 radical (unpaired) electrons. The fourth-order valence-corrected chi connectivity index (χ4v) is 4.67. The van der Waals surface area contributed by atoms with Crippen LogP contribution in [0.4, 0.5) is 27.6 Å². The van der Waals surface area contributed by atoms with Crippen LogP contribution in [0.25, 0.3) is 17.1 Å². The van der Waals surface area contributed by atoms with Crippen LogP contribution in [0, 0.1) is 0 Å². The van der Waals surface area contributed by atoms with Crippen molar-refractivity contribution in [1.29, 1.82) is 0 Å². The average Bonchev–Trinajstić information content (AvgIpc) is 3.61. The molecule has 0 aliphatic carbocycles. The molecule has 1 saturated heterocycles. The zero-order valence-corrected chi connectivity index (χ0v) is 22.0. The van der Waals surface area contributed by atoms with Crippen LogP contribution in [0.2, 0.25) is 5.02 Å². The summed E-state index contributed by atoms with van der Waals surface area (Å²) >= 11 is 5.90. The lowest BCUT2D eigenvalue weighted by atomic mass is 10.2. The molecule has 42 heavy (non-hydrogen) atoms. The van der Waals surface area contributed by atoms with Gasteiger partial charge in [-0.2, -0.15) is 13.2 Å². The van der Waals surface area contributed by atoms with Gasteiger partial charge in [0.05, 0.1) is 25.0 Å². The second kappa shape index (κ2) is 10.8. The number of halogens is 6. The van der Waals surface area contributed by atoms with Gasteiger partial charge in [-0.1, -0.05) is 11.6 Å². The third kappa shape index (κ3) is 5.82. The number of anilines is 1. The van der Waals surface area contributed by atoms with Gasteiger partial charge in [0.15, 0.2) is 17.8 Å². The van der Waals surface area contributed by atoms with E-state index in [9.17, 15) is 36.6 Å². The first-order valence-electron chi connectivity index (χ1n) is 12.2. The highest BCUT2D eigenvalue weighted by atomic mass is 35.5. The third-order valence-corrected chi connectivity index (χ3v) is 6.77. The molecule has 0 bridgehead atoms. The molecule has 18 heteroatoms. The topological polar surface area (TPSA) is 150 Å². The summed E-state index contributed by atoms with van der Waals surface area (Å²) in [6.07, 6.45) is -4.75. The normalized spacial score (nSPS) is 17.5. The number of primary amides is 1. The largest absolute Gasteiger partial charge is 0.416 e. The highest BCUT2D eigenvalue weighted by Gasteiger charge is 2.48. The molecule has 1 amide bonds. The Hall–Kier alpha value is -4.38. The highest BCUT2D eigenvalue weighted by molar-refractivity contribution is 6.30. The second-order valence-corrected chi connectivity index (χ2v) is 9.95. The molecule has 4 heterocycles. The van der Waals surface area contributed by atoms with Gasteiger partial charge in [0.2, 0.25) is 5.91 Å². The molecule has 0 spiro atoms. The van der Waals surface area contributed by atoms with Gasteiger partial charge < -0.3 is 15.7 Å². The fourth-order valence-electron chi connectivity index (χ4n) is 4.54. The van der Waals surface area contributed by atoms with E-state index in [4.69, 9.17) is 17.3 Å². The number of carbonyl (C=O) groups is 1. The van der Waals surface area contributed by atoms with Crippen molar-refractivity contribution in [3.63, 3.8) is 0 Å². The van der Waals surface area contributed by atoms with Crippen molar-refractivity contribution in [2.24, 2.45) is 5.73 Å². The Labute approximate surface area is 237 Å². The third-order valence-electron chi connectivity index (χ3n) is 6.52. The van der Waals surface area contributed by atoms with Gasteiger partial charge >= 0.3 is 11.9 Å². The van der Waals surface area contributed by atoms with Crippen molar-refractivity contribution in [3.8, 4) is 17.1 Å². The average molecular weight is 614 g/mol. The van der Waals surface area contributed by atoms with Crippen molar-refractivity contribution in [2.75, 3.05) is 11.4 Å². The smallest absolute Gasteiger partial charge is 0.382 e. The van der Waals surface area contributed by atoms with Crippen molar-refractivity contribution in [3.05, 3.63) is 70.4 Å². The predicted octanol–water partition coefficient (Wildman–Crippen LogP) is 2.01. The molecule has 1 aliphatic heterocycles. The molecule has 1 aromatic carbocycles. The van der Waals surface area contributed by atoms with Gasteiger partial charge in [-0.3, -0.25) is 14.3 Å². The number of nitrogens with zero attached hydrogens (tertiary/aromatic N) is 8. The Morgan fingerprint density at radius 3 is 2.55 bits per heavy atom. The molecule has 3 N–H and O–H groups in total. The van der Waals surface area contributed by atoms with E-state index in [0.717, 1.165) is 9.58 Å². The predicted molar refractivity (Wildman–Crippen MR) is 137 cm³/mol. The number of hydrogen-bond donors (Lipinski definition) is 2. The van der Waals surface area contributed by atoms with Crippen LogP contribution in [-0.2, 0) is 17.9 Å². The Kier molecular flexibility index (Phi) is 7.48. The minimum atomic E-state index is -4.99. The standard InChI is InChI=1S/C24H21ClF5N9O3/c25-14-3-1-13(2-4-14)21-35-38(22(42)36(21)9-18(40)24(28,29)30)10-19-33-12-39(34-19)17-8-32-6-5-15(17)37-11-23(26,27)7-16(37)20(31)41/h1-6,8,12,16,18,40H,7,9-11H2,(H2,31,41)/t16-,18-/m0/s1. The van der Waals surface area contributed by atoms with E-state index in [-0.39, 0.29) is 28.6 Å². The fraction of sp³-hybridized carbons (Fsp3) is 0.333. The number of aliphatic hydroxyl groups is 1. The summed E-state index contributed by atoms with van der Waals surface area (Å²) in [4.78, 5) is 34.3. The molecule has 0 saturated carbocycles. The first-order chi connectivity index (χ1) is 19.7. The van der Waals surface area contributed by atoms with Crippen LogP contribution < -0.4 is 16.3 Å². The summed E-state index contributed by atoms with van der Waals surface area (Å²) < 4.78 is 70.4. The van der Waals surface area contributed by atoms with Crippen LogP contribution >= 0.6 is 11.6 Å². The van der Waals surface area contributed by atoms with Crippen LogP contribution in [0.1, 0.15) is 12.2 Å². The van der Waals surface area contributed by atoms with Crippen molar-refractivity contribution < 1.29 is 31.9 Å². The van der Waals surface area contributed by atoms with Crippen molar-refractivity contribution in [2.45, 2.75) is 43.8 Å². The van der Waals surface area contributed by atoms with E-state index >= 15 is 0 Å². The van der Waals surface area contributed by atoms with E-state index in [0.29, 0.717) is 9.59 Å². The summed E-state index contributed by atoms with van der Waals surface area (Å²) in [5.41, 5.74) is 4.99. The number of aromatic nitrogens is 7. The van der Waals surface area contributed by atoms with Crippen LogP contribution in [0.3, 0.4) is 0 Å². The van der Waals surface area contributed by atoms with Gasteiger partial charge in [-0.25, -0.2) is 27.9 Å². The SMILES string of the molecule is NC(=O)[C@@H]1CC(F)(F)CN1c1ccncc1-n1cnc(Cn2nc(-c3ccc(Cl)cc3)n(C[C@H](O)C(F)(F)F)c2=O)n1. The number of rotatable bonds is 8. The van der Waals surface area contributed by atoms with Gasteiger partial charge in [0.25, 0.3) is 5.92 Å². The number of carbonyl (C=O) groups excluding carboxylic acids is 1. The quantitative estimate of drug-likeness (QED) is 0.287. The highest BCUT2D eigenvalue weighted by Crippen LogP contribution is 2.37.